The minimum absolute atomic E-state index is 0.121. The second-order valence-corrected chi connectivity index (χ2v) is 4.55. The number of rotatable bonds is 3. The lowest BCUT2D eigenvalue weighted by atomic mass is 10.2. The highest BCUT2D eigenvalue weighted by atomic mass is 32.1. The van der Waals surface area contributed by atoms with E-state index in [1.165, 1.54) is 0 Å². The minimum atomic E-state index is -0.121. The lowest BCUT2D eigenvalue weighted by molar-refractivity contribution is -0.115. The Morgan fingerprint density at radius 1 is 1.44 bits per heavy atom. The second kappa shape index (κ2) is 5.34. The molecule has 0 aliphatic carbocycles. The molecule has 3 N–H and O–H groups in total. The topological polar surface area (TPSA) is 78.9 Å². The number of anilines is 2. The molecule has 1 amide bonds. The van der Waals surface area contributed by atoms with Crippen LogP contribution in [0, 0.1) is 11.3 Å². The third-order valence-electron chi connectivity index (χ3n) is 2.40. The number of benzene rings is 1. The Hall–Kier alpha value is -2.32. The third kappa shape index (κ3) is 2.87. The highest BCUT2D eigenvalue weighted by Gasteiger charge is 2.07. The summed E-state index contributed by atoms with van der Waals surface area (Å²) in [5, 5.41) is 15.3. The molecular weight excluding hydrogens is 246 g/mol. The monoisotopic (exact) mass is 257 g/mol. The first-order chi connectivity index (χ1) is 8.69. The summed E-state index contributed by atoms with van der Waals surface area (Å²) in [6, 6.07) is 8.70. The standard InChI is InChI=1S/C13H11N3OS/c14-7-9-1-2-12(11(15)5-9)16-13(17)6-10-3-4-18-8-10/h1-5,8H,6,15H2,(H,16,17). The van der Waals surface area contributed by atoms with Gasteiger partial charge in [0.25, 0.3) is 0 Å². The van der Waals surface area contributed by atoms with E-state index in [0.717, 1.165) is 5.56 Å². The first-order valence-corrected chi connectivity index (χ1v) is 6.24. The van der Waals surface area contributed by atoms with Gasteiger partial charge in [-0.15, -0.1) is 0 Å². The van der Waals surface area contributed by atoms with Crippen LogP contribution in [0.4, 0.5) is 11.4 Å². The van der Waals surface area contributed by atoms with E-state index in [1.54, 1.807) is 29.5 Å². The molecule has 0 saturated carbocycles. The average Bonchev–Trinajstić information content (AvgIpc) is 2.84. The van der Waals surface area contributed by atoms with Gasteiger partial charge < -0.3 is 11.1 Å². The zero-order valence-corrected chi connectivity index (χ0v) is 10.3. The van der Waals surface area contributed by atoms with Crippen LogP contribution in [0.1, 0.15) is 11.1 Å². The Balaban J connectivity index is 2.05. The van der Waals surface area contributed by atoms with Crippen molar-refractivity contribution in [3.8, 4) is 6.07 Å². The summed E-state index contributed by atoms with van der Waals surface area (Å²) in [6.45, 7) is 0. The molecule has 0 atom stereocenters. The molecule has 4 nitrogen and oxygen atoms in total. The van der Waals surface area contributed by atoms with Gasteiger partial charge in [0, 0.05) is 0 Å². The molecule has 1 heterocycles. The van der Waals surface area contributed by atoms with Gasteiger partial charge in [-0.3, -0.25) is 4.79 Å². The van der Waals surface area contributed by atoms with Crippen molar-refractivity contribution in [1.82, 2.24) is 0 Å². The van der Waals surface area contributed by atoms with Crippen LogP contribution in [-0.4, -0.2) is 5.91 Å². The molecule has 0 fully saturated rings. The number of thiophene rings is 1. The predicted octanol–water partition coefficient (Wildman–Crippen LogP) is 2.38. The maximum atomic E-state index is 11.8. The number of nitrogens with two attached hydrogens (primary N) is 1. The summed E-state index contributed by atoms with van der Waals surface area (Å²) in [5.74, 6) is -0.121. The lowest BCUT2D eigenvalue weighted by Crippen LogP contribution is -2.15. The molecule has 2 aromatic rings. The molecule has 1 aromatic carbocycles. The predicted molar refractivity (Wildman–Crippen MR) is 72.2 cm³/mol. The first kappa shape index (κ1) is 12.1. The van der Waals surface area contributed by atoms with Gasteiger partial charge in [0.15, 0.2) is 0 Å². The SMILES string of the molecule is N#Cc1ccc(NC(=O)Cc2ccsc2)c(N)c1. The molecule has 0 saturated heterocycles. The van der Waals surface area contributed by atoms with Crippen molar-refractivity contribution in [1.29, 1.82) is 5.26 Å². The molecule has 0 aliphatic rings. The van der Waals surface area contributed by atoms with Crippen LogP contribution in [0.15, 0.2) is 35.0 Å². The number of nitrogens with zero attached hydrogens (tertiary/aromatic N) is 1. The summed E-state index contributed by atoms with van der Waals surface area (Å²) in [4.78, 5) is 11.8. The fourth-order valence-corrected chi connectivity index (χ4v) is 2.19. The second-order valence-electron chi connectivity index (χ2n) is 3.77. The average molecular weight is 257 g/mol. The molecule has 18 heavy (non-hydrogen) atoms. The number of hydrogen-bond acceptors (Lipinski definition) is 4. The summed E-state index contributed by atoms with van der Waals surface area (Å²) in [6.07, 6.45) is 0.322. The van der Waals surface area contributed by atoms with E-state index in [4.69, 9.17) is 11.0 Å². The molecule has 0 unspecified atom stereocenters. The van der Waals surface area contributed by atoms with Crippen molar-refractivity contribution in [3.63, 3.8) is 0 Å². The fraction of sp³-hybridized carbons (Fsp3) is 0.0769. The summed E-state index contributed by atoms with van der Waals surface area (Å²) in [5.41, 5.74) is 8.14. The van der Waals surface area contributed by atoms with Crippen molar-refractivity contribution in [2.24, 2.45) is 0 Å². The van der Waals surface area contributed by atoms with Gasteiger partial charge in [-0.25, -0.2) is 0 Å². The quantitative estimate of drug-likeness (QED) is 0.828. The van der Waals surface area contributed by atoms with Crippen molar-refractivity contribution in [2.75, 3.05) is 11.1 Å². The molecule has 1 aromatic heterocycles. The van der Waals surface area contributed by atoms with Gasteiger partial charge in [0.05, 0.1) is 29.4 Å². The van der Waals surface area contributed by atoms with Crippen LogP contribution in [-0.2, 0) is 11.2 Å². The first-order valence-electron chi connectivity index (χ1n) is 5.29. The normalized spacial score (nSPS) is 9.72. The van der Waals surface area contributed by atoms with Crippen LogP contribution in [0.25, 0.3) is 0 Å². The van der Waals surface area contributed by atoms with Gasteiger partial charge in [0.1, 0.15) is 0 Å². The minimum Gasteiger partial charge on any atom is -0.397 e. The van der Waals surface area contributed by atoms with Crippen molar-refractivity contribution in [3.05, 3.63) is 46.2 Å². The highest BCUT2D eigenvalue weighted by Crippen LogP contribution is 2.20. The van der Waals surface area contributed by atoms with E-state index in [1.807, 2.05) is 22.9 Å². The number of nitrogen functional groups attached to an aromatic ring is 1. The molecule has 0 bridgehead atoms. The van der Waals surface area contributed by atoms with Crippen LogP contribution in [0.2, 0.25) is 0 Å². The Labute approximate surface area is 109 Å². The Kier molecular flexibility index (Phi) is 3.60. The molecule has 0 aliphatic heterocycles. The van der Waals surface area contributed by atoms with Gasteiger partial charge in [-0.1, -0.05) is 0 Å². The zero-order chi connectivity index (χ0) is 13.0. The molecule has 90 valence electrons. The maximum Gasteiger partial charge on any atom is 0.228 e. The summed E-state index contributed by atoms with van der Waals surface area (Å²) >= 11 is 1.56. The molecular formula is C13H11N3OS. The smallest absolute Gasteiger partial charge is 0.228 e. The van der Waals surface area contributed by atoms with Crippen LogP contribution < -0.4 is 11.1 Å². The fourth-order valence-electron chi connectivity index (χ4n) is 1.52. The zero-order valence-electron chi connectivity index (χ0n) is 9.51. The van der Waals surface area contributed by atoms with Crippen LogP contribution in [0.3, 0.4) is 0 Å². The Bertz CT molecular complexity index is 599. The van der Waals surface area contributed by atoms with E-state index >= 15 is 0 Å². The largest absolute Gasteiger partial charge is 0.397 e. The number of amides is 1. The highest BCUT2D eigenvalue weighted by molar-refractivity contribution is 7.08. The summed E-state index contributed by atoms with van der Waals surface area (Å²) < 4.78 is 0. The van der Waals surface area contributed by atoms with Gasteiger partial charge in [0.2, 0.25) is 5.91 Å². The molecule has 0 radical (unpaired) electrons. The van der Waals surface area contributed by atoms with Crippen molar-refractivity contribution < 1.29 is 4.79 Å². The van der Waals surface area contributed by atoms with Crippen molar-refractivity contribution in [2.45, 2.75) is 6.42 Å². The van der Waals surface area contributed by atoms with E-state index in [0.29, 0.717) is 23.4 Å². The van der Waals surface area contributed by atoms with E-state index in [-0.39, 0.29) is 5.91 Å². The van der Waals surface area contributed by atoms with E-state index in [2.05, 4.69) is 5.32 Å². The number of nitrogens with one attached hydrogen (secondary N) is 1. The number of nitriles is 1. The van der Waals surface area contributed by atoms with Gasteiger partial charge >= 0.3 is 0 Å². The van der Waals surface area contributed by atoms with Gasteiger partial charge in [-0.05, 0) is 40.6 Å². The van der Waals surface area contributed by atoms with Crippen LogP contribution >= 0.6 is 11.3 Å². The molecule has 2 rings (SSSR count). The van der Waals surface area contributed by atoms with Gasteiger partial charge in [-0.2, -0.15) is 16.6 Å². The van der Waals surface area contributed by atoms with Crippen molar-refractivity contribution >= 4 is 28.6 Å². The van der Waals surface area contributed by atoms with Crippen LogP contribution in [0.5, 0.6) is 0 Å². The van der Waals surface area contributed by atoms with E-state index in [9.17, 15) is 4.79 Å². The Morgan fingerprint density at radius 2 is 2.28 bits per heavy atom. The summed E-state index contributed by atoms with van der Waals surface area (Å²) in [7, 11) is 0. The third-order valence-corrected chi connectivity index (χ3v) is 3.13. The Morgan fingerprint density at radius 3 is 2.89 bits per heavy atom. The lowest BCUT2D eigenvalue weighted by Gasteiger charge is -2.07. The number of carbonyl (C=O) groups excluding carboxylic acids is 1. The maximum absolute atomic E-state index is 11.8. The molecule has 0 spiro atoms. The number of hydrogen-bond donors (Lipinski definition) is 2. The van der Waals surface area contributed by atoms with E-state index < -0.39 is 0 Å². The molecule has 5 heteroatoms. The number of carbonyl (C=O) groups is 1.